The zero-order chi connectivity index (χ0) is 33.4. The van der Waals surface area contributed by atoms with Gasteiger partial charge < -0.3 is 9.47 Å². The van der Waals surface area contributed by atoms with Crippen LogP contribution in [-0.4, -0.2) is 13.2 Å². The first-order valence-corrected chi connectivity index (χ1v) is 20.3. The molecule has 5 rings (SSSR count). The van der Waals surface area contributed by atoms with E-state index in [4.69, 9.17) is 9.47 Å². The molecule has 0 heterocycles. The second-order valence-corrected chi connectivity index (χ2v) is 16.0. The summed E-state index contributed by atoms with van der Waals surface area (Å²) in [6.45, 7) is 11.1. The van der Waals surface area contributed by atoms with E-state index < -0.39 is 11.6 Å². The number of allylic oxidation sites excluding steroid dienone is 1. The molecular formula is C44H74F2O2. The van der Waals surface area contributed by atoms with Crippen LogP contribution in [0, 0.1) is 59.0 Å². The third-order valence-corrected chi connectivity index (χ3v) is 12.9. The van der Waals surface area contributed by atoms with Crippen molar-refractivity contribution in [3.63, 3.8) is 0 Å². The molecule has 48 heavy (non-hydrogen) atoms. The quantitative estimate of drug-likeness (QED) is 0.145. The Morgan fingerprint density at radius 2 is 1.02 bits per heavy atom. The molecule has 1 aromatic carbocycles. The molecule has 0 aromatic heterocycles. The van der Waals surface area contributed by atoms with Gasteiger partial charge in [0.25, 0.3) is 0 Å². The summed E-state index contributed by atoms with van der Waals surface area (Å²) in [5, 5.41) is 0. The van der Waals surface area contributed by atoms with Gasteiger partial charge in [-0.25, -0.2) is 0 Å². The Morgan fingerprint density at radius 1 is 0.583 bits per heavy atom. The molecule has 0 unspecified atom stereocenters. The smallest absolute Gasteiger partial charge is 0.204 e. The average Bonchev–Trinajstić information content (AvgIpc) is 3.11. The van der Waals surface area contributed by atoms with Gasteiger partial charge in [-0.2, -0.15) is 8.78 Å². The third-order valence-electron chi connectivity index (χ3n) is 12.9. The Hall–Kier alpha value is -1.58. The van der Waals surface area contributed by atoms with Crippen molar-refractivity contribution in [3.8, 4) is 11.5 Å². The molecule has 4 saturated carbocycles. The van der Waals surface area contributed by atoms with E-state index in [2.05, 4.69) is 26.5 Å². The molecule has 0 spiro atoms. The monoisotopic (exact) mass is 673 g/mol. The molecule has 4 fully saturated rings. The Bertz CT molecular complexity index is 993. The van der Waals surface area contributed by atoms with Gasteiger partial charge in [-0.15, -0.1) is 6.58 Å². The van der Waals surface area contributed by atoms with Crippen molar-refractivity contribution in [2.24, 2.45) is 47.3 Å². The van der Waals surface area contributed by atoms with Crippen molar-refractivity contribution in [1.82, 2.24) is 0 Å². The molecule has 1 aromatic rings. The van der Waals surface area contributed by atoms with Crippen LogP contribution in [0.3, 0.4) is 0 Å². The highest BCUT2D eigenvalue weighted by molar-refractivity contribution is 5.35. The van der Waals surface area contributed by atoms with Gasteiger partial charge in [-0.05, 0) is 143 Å². The molecule has 4 aliphatic rings. The predicted octanol–water partition coefficient (Wildman–Crippen LogP) is 14.2. The zero-order valence-electron chi connectivity index (χ0n) is 30.6. The minimum atomic E-state index is -0.957. The lowest BCUT2D eigenvalue weighted by Crippen LogP contribution is -2.27. The van der Waals surface area contributed by atoms with Gasteiger partial charge >= 0.3 is 0 Å². The standard InChI is InChI=1S/C24H36F2O2.C19H34.CH4/c1-3-5-17-6-10-19(11-7-17)20-12-8-18(9-13-20)16-28-22-15-14-21(27-4-2)23(25)24(22)26;1-3-5-6-7-17-10-14-19(15-11-17)18-12-8-16(4-2)9-13-18;/h14-15,17-20H,3-13,16H2,1-2H3;4,16-19H,2-3,5-15H2,1H3;1H4. The number of ether oxygens (including phenoxy) is 2. The number of unbranched alkanes of at least 4 members (excludes halogenated alkanes) is 2. The summed E-state index contributed by atoms with van der Waals surface area (Å²) in [5.74, 6) is 5.28. The summed E-state index contributed by atoms with van der Waals surface area (Å²) in [6, 6.07) is 2.92. The van der Waals surface area contributed by atoms with E-state index in [0.717, 1.165) is 54.3 Å². The van der Waals surface area contributed by atoms with Gasteiger partial charge in [0, 0.05) is 0 Å². The lowest BCUT2D eigenvalue weighted by molar-refractivity contribution is 0.120. The molecular weight excluding hydrogens is 598 g/mol. The first kappa shape index (κ1) is 40.8. The molecule has 0 aliphatic heterocycles. The van der Waals surface area contributed by atoms with Crippen LogP contribution in [0.1, 0.15) is 169 Å². The van der Waals surface area contributed by atoms with Crippen LogP contribution in [0.25, 0.3) is 0 Å². The SMILES string of the molecule is C.C=CC1CCC(C2CCC(CCCCC)CC2)CC1.CCCC1CCC(C2CCC(COc3ccc(OCC)c(F)c3F)CC2)CC1. The molecule has 276 valence electrons. The fourth-order valence-corrected chi connectivity index (χ4v) is 9.77. The Labute approximate surface area is 295 Å². The van der Waals surface area contributed by atoms with E-state index in [1.807, 2.05) is 0 Å². The molecule has 0 saturated heterocycles. The highest BCUT2D eigenvalue weighted by Crippen LogP contribution is 2.44. The topological polar surface area (TPSA) is 18.5 Å². The van der Waals surface area contributed by atoms with E-state index >= 15 is 0 Å². The van der Waals surface area contributed by atoms with Gasteiger partial charge in [-0.1, -0.05) is 91.6 Å². The van der Waals surface area contributed by atoms with Gasteiger partial charge in [0.05, 0.1) is 13.2 Å². The normalized spacial score (nSPS) is 30.7. The summed E-state index contributed by atoms with van der Waals surface area (Å²) in [4.78, 5) is 0. The van der Waals surface area contributed by atoms with Crippen molar-refractivity contribution in [1.29, 1.82) is 0 Å². The largest absolute Gasteiger partial charge is 0.491 e. The summed E-state index contributed by atoms with van der Waals surface area (Å²) < 4.78 is 38.8. The molecule has 0 radical (unpaired) electrons. The molecule has 0 N–H and O–H groups in total. The lowest BCUT2D eigenvalue weighted by atomic mass is 9.68. The average molecular weight is 673 g/mol. The zero-order valence-corrected chi connectivity index (χ0v) is 30.6. The van der Waals surface area contributed by atoms with Crippen molar-refractivity contribution in [2.45, 2.75) is 169 Å². The van der Waals surface area contributed by atoms with Crippen LogP contribution in [-0.2, 0) is 0 Å². The summed E-state index contributed by atoms with van der Waals surface area (Å²) in [5.41, 5.74) is 0. The Kier molecular flexibility index (Phi) is 19.0. The molecule has 4 heteroatoms. The number of rotatable bonds is 14. The maximum atomic E-state index is 14.2. The summed E-state index contributed by atoms with van der Waals surface area (Å²) in [6.07, 6.45) is 33.2. The predicted molar refractivity (Wildman–Crippen MR) is 201 cm³/mol. The molecule has 0 amide bonds. The molecule has 2 nitrogen and oxygen atoms in total. The lowest BCUT2D eigenvalue weighted by Gasteiger charge is -2.37. The van der Waals surface area contributed by atoms with Crippen molar-refractivity contribution in [2.75, 3.05) is 13.2 Å². The van der Waals surface area contributed by atoms with Crippen LogP contribution >= 0.6 is 0 Å². The molecule has 0 bridgehead atoms. The van der Waals surface area contributed by atoms with Crippen LogP contribution in [0.4, 0.5) is 8.78 Å². The van der Waals surface area contributed by atoms with E-state index in [1.165, 1.54) is 128 Å². The van der Waals surface area contributed by atoms with E-state index in [-0.39, 0.29) is 18.9 Å². The van der Waals surface area contributed by atoms with Crippen molar-refractivity contribution < 1.29 is 18.3 Å². The second-order valence-electron chi connectivity index (χ2n) is 16.0. The second kappa shape index (κ2) is 22.3. The van der Waals surface area contributed by atoms with Crippen LogP contribution in [0.2, 0.25) is 0 Å². The Balaban J connectivity index is 0.000000274. The Morgan fingerprint density at radius 3 is 1.46 bits per heavy atom. The molecule has 0 atom stereocenters. The highest BCUT2D eigenvalue weighted by atomic mass is 19.2. The van der Waals surface area contributed by atoms with Gasteiger partial charge in [0.15, 0.2) is 11.5 Å². The molecule has 4 aliphatic carbocycles. The first-order chi connectivity index (χ1) is 22.9. The van der Waals surface area contributed by atoms with Crippen LogP contribution < -0.4 is 9.47 Å². The fourth-order valence-electron chi connectivity index (χ4n) is 9.77. The van der Waals surface area contributed by atoms with E-state index in [0.29, 0.717) is 19.1 Å². The first-order valence-electron chi connectivity index (χ1n) is 20.3. The number of benzene rings is 1. The maximum absolute atomic E-state index is 14.2. The highest BCUT2D eigenvalue weighted by Gasteiger charge is 2.32. The van der Waals surface area contributed by atoms with Gasteiger partial charge in [0.2, 0.25) is 11.6 Å². The van der Waals surface area contributed by atoms with Crippen LogP contribution in [0.15, 0.2) is 24.8 Å². The van der Waals surface area contributed by atoms with E-state index in [1.54, 1.807) is 19.8 Å². The van der Waals surface area contributed by atoms with Gasteiger partial charge in [0.1, 0.15) is 0 Å². The summed E-state index contributed by atoms with van der Waals surface area (Å²) in [7, 11) is 0. The minimum Gasteiger partial charge on any atom is -0.491 e. The number of hydrogen-bond acceptors (Lipinski definition) is 2. The maximum Gasteiger partial charge on any atom is 0.204 e. The third kappa shape index (κ3) is 12.6. The minimum absolute atomic E-state index is 0. The summed E-state index contributed by atoms with van der Waals surface area (Å²) >= 11 is 0. The van der Waals surface area contributed by atoms with Gasteiger partial charge in [-0.3, -0.25) is 0 Å². The van der Waals surface area contributed by atoms with Crippen molar-refractivity contribution >= 4 is 0 Å². The fraction of sp³-hybridized carbons (Fsp3) is 0.818. The number of halogens is 2. The van der Waals surface area contributed by atoms with Crippen LogP contribution in [0.5, 0.6) is 11.5 Å². The van der Waals surface area contributed by atoms with Crippen molar-refractivity contribution in [3.05, 3.63) is 36.4 Å². The number of hydrogen-bond donors (Lipinski definition) is 0. The van der Waals surface area contributed by atoms with E-state index in [9.17, 15) is 8.78 Å².